The molecule has 0 fully saturated rings. The molecular weight excluding hydrogens is 402 g/mol. The zero-order valence-electron chi connectivity index (χ0n) is 14.3. The quantitative estimate of drug-likeness (QED) is 0.263. The molecule has 0 amide bonds. The maximum Gasteiger partial charge on any atom is 0.311 e. The molecule has 1 N–H and O–H groups in total. The average molecular weight is 418 g/mol. The van der Waals surface area contributed by atoms with E-state index in [1.807, 2.05) is 30.3 Å². The molecule has 0 aliphatic rings. The Hall–Kier alpha value is -2.41. The number of nitriles is 1. The first-order valence-corrected chi connectivity index (χ1v) is 10.7. The van der Waals surface area contributed by atoms with Crippen LogP contribution in [0.25, 0.3) is 15.8 Å². The van der Waals surface area contributed by atoms with Crippen LogP contribution in [0.2, 0.25) is 0 Å². The predicted molar refractivity (Wildman–Crippen MR) is 108 cm³/mol. The van der Waals surface area contributed by atoms with Gasteiger partial charge in [-0.05, 0) is 19.1 Å². The summed E-state index contributed by atoms with van der Waals surface area (Å²) in [5, 5.41) is 22.1. The molecule has 9 heteroatoms. The number of ether oxygens (including phenoxy) is 1. The molecule has 0 unspecified atom stereocenters. The lowest BCUT2D eigenvalue weighted by atomic mass is 10.2. The first kappa shape index (κ1) is 19.4. The Morgan fingerprint density at radius 1 is 1.37 bits per heavy atom. The van der Waals surface area contributed by atoms with Gasteiger partial charge in [-0.3, -0.25) is 4.79 Å². The number of rotatable bonds is 7. The molecule has 0 saturated carbocycles. The topological polar surface area (TPSA) is 96.1 Å². The number of fused-ring (bicyclic) bond motifs is 1. The van der Waals surface area contributed by atoms with Crippen LogP contribution in [0.3, 0.4) is 0 Å². The summed E-state index contributed by atoms with van der Waals surface area (Å²) in [6.45, 7) is 2.10. The van der Waals surface area contributed by atoms with Crippen molar-refractivity contribution in [2.45, 2.75) is 17.7 Å². The van der Waals surface area contributed by atoms with E-state index in [2.05, 4.69) is 9.97 Å². The summed E-state index contributed by atoms with van der Waals surface area (Å²) in [6, 6.07) is 9.64. The van der Waals surface area contributed by atoms with Crippen LogP contribution in [0.5, 0.6) is 0 Å². The minimum atomic E-state index is -0.315. The molecule has 0 radical (unpaired) electrons. The van der Waals surface area contributed by atoms with Crippen molar-refractivity contribution in [3.8, 4) is 6.07 Å². The van der Waals surface area contributed by atoms with Gasteiger partial charge in [-0.2, -0.15) is 5.26 Å². The fourth-order valence-electron chi connectivity index (χ4n) is 2.21. The molecule has 3 aromatic rings. The van der Waals surface area contributed by atoms with Gasteiger partial charge in [0.05, 0.1) is 34.7 Å². The number of thiazole rings is 2. The smallest absolute Gasteiger partial charge is 0.311 e. The van der Waals surface area contributed by atoms with Gasteiger partial charge in [-0.1, -0.05) is 23.9 Å². The molecule has 1 aromatic carbocycles. The van der Waals surface area contributed by atoms with E-state index in [1.54, 1.807) is 12.3 Å². The van der Waals surface area contributed by atoms with E-state index < -0.39 is 0 Å². The molecule has 2 heterocycles. The third kappa shape index (κ3) is 4.86. The van der Waals surface area contributed by atoms with Gasteiger partial charge < -0.3 is 9.84 Å². The zero-order valence-corrected chi connectivity index (χ0v) is 16.8. The number of carbonyl (C=O) groups excluding carboxylic acids is 1. The maximum absolute atomic E-state index is 11.5. The van der Waals surface area contributed by atoms with Crippen molar-refractivity contribution in [3.63, 3.8) is 0 Å². The number of aliphatic hydroxyl groups is 1. The molecule has 3 rings (SSSR count). The van der Waals surface area contributed by atoms with Crippen molar-refractivity contribution in [1.29, 1.82) is 5.26 Å². The molecule has 0 saturated heterocycles. The summed E-state index contributed by atoms with van der Waals surface area (Å²) in [4.78, 5) is 20.3. The lowest BCUT2D eigenvalue weighted by Crippen LogP contribution is -2.07. The van der Waals surface area contributed by atoms with Crippen molar-refractivity contribution in [2.24, 2.45) is 0 Å². The van der Waals surface area contributed by atoms with Gasteiger partial charge in [0.1, 0.15) is 22.4 Å². The average Bonchev–Trinajstić information content (AvgIpc) is 3.27. The summed E-state index contributed by atoms with van der Waals surface area (Å²) in [7, 11) is 0. The Balaban J connectivity index is 1.69. The van der Waals surface area contributed by atoms with Gasteiger partial charge in [0.15, 0.2) is 4.34 Å². The third-order valence-electron chi connectivity index (χ3n) is 3.40. The molecule has 6 nitrogen and oxygen atoms in total. The SMILES string of the molecule is CCOC(=O)Cc1csc(SC/C(O)=C(\C#N)c2nc3ccccc3s2)n1. The van der Waals surface area contributed by atoms with Crippen LogP contribution in [0.1, 0.15) is 17.6 Å². The van der Waals surface area contributed by atoms with Crippen LogP contribution in [0.15, 0.2) is 39.7 Å². The second-order valence-corrected chi connectivity index (χ2v) is 8.41. The van der Waals surface area contributed by atoms with Crippen LogP contribution in [-0.2, 0) is 16.0 Å². The van der Waals surface area contributed by atoms with Crippen LogP contribution in [0, 0.1) is 11.3 Å². The summed E-state index contributed by atoms with van der Waals surface area (Å²) >= 11 is 4.06. The van der Waals surface area contributed by atoms with Gasteiger partial charge in [-0.25, -0.2) is 9.97 Å². The standard InChI is InChI=1S/C18H15N3O3S3/c1-2-24-16(23)7-11-9-25-18(20-11)26-10-14(22)12(8-19)17-21-13-5-3-4-6-15(13)27-17/h3-6,9,22H,2,7,10H2,1H3/b14-12-. The third-order valence-corrected chi connectivity index (χ3v) is 6.54. The summed E-state index contributed by atoms with van der Waals surface area (Å²) in [5.74, 6) is -0.154. The van der Waals surface area contributed by atoms with Crippen molar-refractivity contribution >= 4 is 56.2 Å². The Bertz CT molecular complexity index is 1000. The molecule has 0 aliphatic carbocycles. The minimum Gasteiger partial charge on any atom is -0.510 e. The monoisotopic (exact) mass is 417 g/mol. The summed E-state index contributed by atoms with van der Waals surface area (Å²) in [6.07, 6.45) is 0.127. The number of hydrogen-bond acceptors (Lipinski definition) is 9. The zero-order chi connectivity index (χ0) is 19.2. The highest BCUT2D eigenvalue weighted by atomic mass is 32.2. The van der Waals surface area contributed by atoms with E-state index in [4.69, 9.17) is 4.74 Å². The molecule has 0 bridgehead atoms. The second-order valence-electron chi connectivity index (χ2n) is 5.30. The Morgan fingerprint density at radius 3 is 2.93 bits per heavy atom. The van der Waals surface area contributed by atoms with Gasteiger partial charge in [0.25, 0.3) is 0 Å². The fraction of sp³-hybridized carbons (Fsp3) is 0.222. The number of aliphatic hydroxyl groups excluding tert-OH is 1. The Labute approximate surface area is 168 Å². The Kier molecular flexibility index (Phi) is 6.45. The highest BCUT2D eigenvalue weighted by molar-refractivity contribution is 8.01. The van der Waals surface area contributed by atoms with Crippen LogP contribution < -0.4 is 0 Å². The largest absolute Gasteiger partial charge is 0.510 e. The maximum atomic E-state index is 11.5. The van der Waals surface area contributed by atoms with Gasteiger partial charge in [-0.15, -0.1) is 22.7 Å². The predicted octanol–water partition coefficient (Wildman–Crippen LogP) is 4.44. The van der Waals surface area contributed by atoms with Crippen LogP contribution in [0.4, 0.5) is 0 Å². The van der Waals surface area contributed by atoms with E-state index in [0.29, 0.717) is 21.6 Å². The lowest BCUT2D eigenvalue weighted by Gasteiger charge is -2.00. The highest BCUT2D eigenvalue weighted by Gasteiger charge is 2.15. The molecule has 0 spiro atoms. The van der Waals surface area contributed by atoms with Gasteiger partial charge in [0.2, 0.25) is 0 Å². The van der Waals surface area contributed by atoms with E-state index in [-0.39, 0.29) is 29.5 Å². The molecular formula is C18H15N3O3S3. The first-order chi connectivity index (χ1) is 13.1. The number of nitrogens with zero attached hydrogens (tertiary/aromatic N) is 3. The number of aromatic nitrogens is 2. The van der Waals surface area contributed by atoms with E-state index in [1.165, 1.54) is 34.4 Å². The van der Waals surface area contributed by atoms with Crippen molar-refractivity contribution in [2.75, 3.05) is 12.4 Å². The van der Waals surface area contributed by atoms with Crippen molar-refractivity contribution in [3.05, 3.63) is 46.1 Å². The van der Waals surface area contributed by atoms with E-state index >= 15 is 0 Å². The van der Waals surface area contributed by atoms with Gasteiger partial charge >= 0.3 is 5.97 Å². The number of benzene rings is 1. The molecule has 138 valence electrons. The van der Waals surface area contributed by atoms with Crippen LogP contribution in [-0.4, -0.2) is 33.4 Å². The summed E-state index contributed by atoms with van der Waals surface area (Å²) in [5.41, 5.74) is 1.61. The van der Waals surface area contributed by atoms with Gasteiger partial charge in [0, 0.05) is 5.38 Å². The fourth-order valence-corrected chi connectivity index (χ4v) is 4.92. The van der Waals surface area contributed by atoms with Crippen LogP contribution >= 0.6 is 34.4 Å². The lowest BCUT2D eigenvalue weighted by molar-refractivity contribution is -0.142. The van der Waals surface area contributed by atoms with E-state index in [0.717, 1.165) is 10.2 Å². The van der Waals surface area contributed by atoms with Crippen molar-refractivity contribution in [1.82, 2.24) is 9.97 Å². The highest BCUT2D eigenvalue weighted by Crippen LogP contribution is 2.30. The van der Waals surface area contributed by atoms with Crippen molar-refractivity contribution < 1.29 is 14.6 Å². The normalized spacial score (nSPS) is 11.9. The first-order valence-electron chi connectivity index (χ1n) is 8.01. The number of hydrogen-bond donors (Lipinski definition) is 1. The second kappa shape index (κ2) is 8.99. The molecule has 0 atom stereocenters. The number of para-hydroxylation sites is 1. The number of carbonyl (C=O) groups is 1. The van der Waals surface area contributed by atoms with E-state index in [9.17, 15) is 15.2 Å². The molecule has 2 aromatic heterocycles. The summed E-state index contributed by atoms with van der Waals surface area (Å²) < 4.78 is 6.58. The number of esters is 1. The minimum absolute atomic E-state index is 0.0382. The molecule has 27 heavy (non-hydrogen) atoms. The number of thioether (sulfide) groups is 1. The number of allylic oxidation sites excluding steroid dienone is 1. The molecule has 0 aliphatic heterocycles. The Morgan fingerprint density at radius 2 is 2.19 bits per heavy atom.